The highest BCUT2D eigenvalue weighted by atomic mass is 16.4. The highest BCUT2D eigenvalue weighted by Gasteiger charge is 2.07. The molecule has 24 heavy (non-hydrogen) atoms. The Morgan fingerprint density at radius 1 is 0.792 bits per heavy atom. The lowest BCUT2D eigenvalue weighted by Gasteiger charge is -2.02. The Labute approximate surface area is 137 Å². The topological polar surface area (TPSA) is 174 Å². The number of carbonyl (C=O) groups excluding carboxylic acids is 2. The summed E-state index contributed by atoms with van der Waals surface area (Å²) in [5.41, 5.74) is 10.7. The Balaban J connectivity index is 0.000000254. The number of amides is 2. The third kappa shape index (κ3) is 5.40. The van der Waals surface area contributed by atoms with Crippen LogP contribution >= 0.6 is 0 Å². The molecule has 0 aliphatic carbocycles. The highest BCUT2D eigenvalue weighted by Crippen LogP contribution is 2.05. The first-order valence-electron chi connectivity index (χ1n) is 6.59. The fourth-order valence-electron chi connectivity index (χ4n) is 1.59. The Hall–Kier alpha value is -3.43. The normalized spacial score (nSPS) is 9.25. The van der Waals surface area contributed by atoms with Crippen LogP contribution in [0.3, 0.4) is 0 Å². The number of carboxylic acids is 1. The van der Waals surface area contributed by atoms with E-state index in [0.29, 0.717) is 16.8 Å². The molecule has 9 nitrogen and oxygen atoms in total. The second-order valence-corrected chi connectivity index (χ2v) is 4.45. The van der Waals surface area contributed by atoms with Crippen molar-refractivity contribution in [1.29, 1.82) is 0 Å². The van der Waals surface area contributed by atoms with E-state index in [-0.39, 0.29) is 5.56 Å². The number of hydrogen-bond acceptors (Lipinski definition) is 6. The van der Waals surface area contributed by atoms with E-state index in [9.17, 15) is 14.4 Å². The molecule has 0 saturated carbocycles. The molecule has 0 spiro atoms. The first kappa shape index (κ1) is 18.6. The minimum atomic E-state index is -0.931. The zero-order valence-electron chi connectivity index (χ0n) is 12.5. The van der Waals surface area contributed by atoms with Crippen molar-refractivity contribution in [2.45, 2.75) is 0 Å². The SMILES string of the molecule is NNC(=O)c1cccc(C(=O)NN)c1.Nc1ccc(C(=O)O)cc1. The molecule has 2 amide bonds. The smallest absolute Gasteiger partial charge is 0.335 e. The van der Waals surface area contributed by atoms with E-state index < -0.39 is 17.8 Å². The quantitative estimate of drug-likeness (QED) is 0.196. The summed E-state index contributed by atoms with van der Waals surface area (Å²) in [7, 11) is 0. The van der Waals surface area contributed by atoms with E-state index in [1.165, 1.54) is 30.3 Å². The zero-order chi connectivity index (χ0) is 18.1. The van der Waals surface area contributed by atoms with Crippen LogP contribution in [0.5, 0.6) is 0 Å². The summed E-state index contributed by atoms with van der Waals surface area (Å²) in [6, 6.07) is 12.1. The molecule has 9 N–H and O–H groups in total. The van der Waals surface area contributed by atoms with Crippen molar-refractivity contribution in [2.24, 2.45) is 11.7 Å². The number of hydrazine groups is 2. The van der Waals surface area contributed by atoms with Gasteiger partial charge in [0.25, 0.3) is 11.8 Å². The summed E-state index contributed by atoms with van der Waals surface area (Å²) in [5, 5.41) is 8.43. The predicted octanol–water partition coefficient (Wildman–Crippen LogP) is -0.139. The average molecular weight is 331 g/mol. The predicted molar refractivity (Wildman–Crippen MR) is 87.6 cm³/mol. The number of carboxylic acid groups (broad SMARTS) is 1. The maximum Gasteiger partial charge on any atom is 0.335 e. The van der Waals surface area contributed by atoms with Gasteiger partial charge in [-0.2, -0.15) is 0 Å². The summed E-state index contributed by atoms with van der Waals surface area (Å²) in [6.45, 7) is 0. The minimum absolute atomic E-state index is 0.259. The number of nitrogens with one attached hydrogen (secondary N) is 2. The van der Waals surface area contributed by atoms with E-state index in [2.05, 4.69) is 0 Å². The fourth-order valence-corrected chi connectivity index (χ4v) is 1.59. The number of nitrogens with two attached hydrogens (primary N) is 3. The van der Waals surface area contributed by atoms with Gasteiger partial charge in [0.15, 0.2) is 0 Å². The van der Waals surface area contributed by atoms with Crippen molar-refractivity contribution < 1.29 is 19.5 Å². The Bertz CT molecular complexity index is 700. The number of rotatable bonds is 3. The van der Waals surface area contributed by atoms with Gasteiger partial charge in [0.2, 0.25) is 0 Å². The van der Waals surface area contributed by atoms with Gasteiger partial charge in [-0.1, -0.05) is 6.07 Å². The second-order valence-electron chi connectivity index (χ2n) is 4.45. The van der Waals surface area contributed by atoms with Crippen LogP contribution in [0.1, 0.15) is 31.1 Å². The number of benzene rings is 2. The number of carbonyl (C=O) groups is 3. The molecular formula is C15H17N5O4. The minimum Gasteiger partial charge on any atom is -0.478 e. The fraction of sp³-hybridized carbons (Fsp3) is 0. The lowest BCUT2D eigenvalue weighted by atomic mass is 10.1. The maximum atomic E-state index is 11.1. The number of aromatic carboxylic acids is 1. The van der Waals surface area contributed by atoms with Crippen molar-refractivity contribution in [3.8, 4) is 0 Å². The van der Waals surface area contributed by atoms with Crippen LogP contribution in [0.2, 0.25) is 0 Å². The van der Waals surface area contributed by atoms with Crippen molar-refractivity contribution in [2.75, 3.05) is 5.73 Å². The maximum absolute atomic E-state index is 11.1. The highest BCUT2D eigenvalue weighted by molar-refractivity contribution is 5.99. The molecule has 0 atom stereocenters. The van der Waals surface area contributed by atoms with Gasteiger partial charge in [-0.25, -0.2) is 16.5 Å². The molecule has 2 rings (SSSR count). The molecule has 0 bridgehead atoms. The van der Waals surface area contributed by atoms with Gasteiger partial charge in [-0.05, 0) is 42.5 Å². The van der Waals surface area contributed by atoms with Crippen LogP contribution < -0.4 is 28.3 Å². The summed E-state index contributed by atoms with van der Waals surface area (Å²) >= 11 is 0. The van der Waals surface area contributed by atoms with E-state index >= 15 is 0 Å². The second kappa shape index (κ2) is 8.88. The zero-order valence-corrected chi connectivity index (χ0v) is 12.5. The van der Waals surface area contributed by atoms with E-state index in [0.717, 1.165) is 0 Å². The van der Waals surface area contributed by atoms with E-state index in [1.807, 2.05) is 10.9 Å². The van der Waals surface area contributed by atoms with Gasteiger partial charge >= 0.3 is 5.97 Å². The first-order valence-corrected chi connectivity index (χ1v) is 6.59. The molecule has 0 heterocycles. The Morgan fingerprint density at radius 2 is 1.25 bits per heavy atom. The number of anilines is 1. The van der Waals surface area contributed by atoms with Crippen LogP contribution in [0.15, 0.2) is 48.5 Å². The lowest BCUT2D eigenvalue weighted by molar-refractivity contribution is 0.0696. The molecule has 0 aliphatic heterocycles. The summed E-state index contributed by atoms with van der Waals surface area (Å²) < 4.78 is 0. The lowest BCUT2D eigenvalue weighted by Crippen LogP contribution is -2.32. The number of hydrogen-bond donors (Lipinski definition) is 6. The number of nitrogen functional groups attached to an aromatic ring is 3. The van der Waals surface area contributed by atoms with E-state index in [4.69, 9.17) is 22.5 Å². The Morgan fingerprint density at radius 3 is 1.62 bits per heavy atom. The van der Waals surface area contributed by atoms with Crippen molar-refractivity contribution in [1.82, 2.24) is 10.9 Å². The molecule has 126 valence electrons. The third-order valence-electron chi connectivity index (χ3n) is 2.81. The summed E-state index contributed by atoms with van der Waals surface area (Å²) in [6.07, 6.45) is 0. The Kier molecular flexibility index (Phi) is 6.89. The van der Waals surface area contributed by atoms with Crippen molar-refractivity contribution in [3.05, 3.63) is 65.2 Å². The van der Waals surface area contributed by atoms with Crippen LogP contribution in [-0.4, -0.2) is 22.9 Å². The summed E-state index contributed by atoms with van der Waals surface area (Å²) in [4.78, 5) is 32.4. The van der Waals surface area contributed by atoms with Gasteiger partial charge < -0.3 is 10.8 Å². The van der Waals surface area contributed by atoms with Crippen molar-refractivity contribution >= 4 is 23.5 Å². The van der Waals surface area contributed by atoms with Gasteiger partial charge in [0, 0.05) is 16.8 Å². The van der Waals surface area contributed by atoms with Crippen LogP contribution in [-0.2, 0) is 0 Å². The molecule has 0 saturated heterocycles. The standard InChI is InChI=1S/C8H10N4O2.C7H7NO2/c9-11-7(13)5-2-1-3-6(4-5)8(14)12-10;8-6-3-1-5(2-4-6)7(9)10/h1-4H,9-10H2,(H,11,13)(H,12,14);1-4H,8H2,(H,9,10). The van der Waals surface area contributed by atoms with Gasteiger partial charge in [0.1, 0.15) is 0 Å². The monoisotopic (exact) mass is 331 g/mol. The largest absolute Gasteiger partial charge is 0.478 e. The molecule has 0 aromatic heterocycles. The van der Waals surface area contributed by atoms with Gasteiger partial charge in [-0.3, -0.25) is 20.4 Å². The van der Waals surface area contributed by atoms with Crippen LogP contribution in [0.25, 0.3) is 0 Å². The van der Waals surface area contributed by atoms with Crippen molar-refractivity contribution in [3.63, 3.8) is 0 Å². The average Bonchev–Trinajstić information content (AvgIpc) is 2.61. The molecule has 0 aliphatic rings. The molecule has 2 aromatic rings. The molecule has 0 radical (unpaired) electrons. The molecule has 2 aromatic carbocycles. The molecular weight excluding hydrogens is 314 g/mol. The third-order valence-corrected chi connectivity index (χ3v) is 2.81. The van der Waals surface area contributed by atoms with Crippen LogP contribution in [0, 0.1) is 0 Å². The molecule has 0 unspecified atom stereocenters. The van der Waals surface area contributed by atoms with Gasteiger partial charge in [0.05, 0.1) is 5.56 Å². The molecule has 9 heteroatoms. The molecule has 0 fully saturated rings. The van der Waals surface area contributed by atoms with Crippen LogP contribution in [0.4, 0.5) is 5.69 Å². The first-order chi connectivity index (χ1) is 11.4. The summed E-state index contributed by atoms with van der Waals surface area (Å²) in [5.74, 6) is 8.02. The van der Waals surface area contributed by atoms with Gasteiger partial charge in [-0.15, -0.1) is 0 Å². The van der Waals surface area contributed by atoms with E-state index in [1.54, 1.807) is 18.2 Å².